The van der Waals surface area contributed by atoms with E-state index in [-0.39, 0.29) is 24.0 Å². The van der Waals surface area contributed by atoms with Crippen molar-refractivity contribution in [2.75, 3.05) is 32.2 Å². The summed E-state index contributed by atoms with van der Waals surface area (Å²) >= 11 is 0. The highest BCUT2D eigenvalue weighted by atomic mass is 16.5. The molecule has 0 spiro atoms. The number of benzene rings is 2. The maximum absolute atomic E-state index is 13.7. The Morgan fingerprint density at radius 3 is 2.19 bits per heavy atom. The molecule has 0 aromatic heterocycles. The highest BCUT2D eigenvalue weighted by Crippen LogP contribution is 2.40. The second-order valence-corrected chi connectivity index (χ2v) is 7.74. The van der Waals surface area contributed by atoms with E-state index in [1.807, 2.05) is 49.1 Å². The lowest BCUT2D eigenvalue weighted by Crippen LogP contribution is -2.47. The normalized spacial score (nSPS) is 21.7. The van der Waals surface area contributed by atoms with Crippen molar-refractivity contribution in [3.05, 3.63) is 59.8 Å². The minimum absolute atomic E-state index is 0.0549. The van der Waals surface area contributed by atoms with E-state index >= 15 is 0 Å². The fourth-order valence-electron chi connectivity index (χ4n) is 4.23. The molecule has 2 aromatic carbocycles. The Kier molecular flexibility index (Phi) is 5.69. The quantitative estimate of drug-likeness (QED) is 0.690. The molecule has 7 nitrogen and oxygen atoms in total. The number of rotatable bonds is 5. The van der Waals surface area contributed by atoms with Crippen LogP contribution < -0.4 is 14.4 Å². The highest BCUT2D eigenvalue weighted by Gasteiger charge is 2.44. The average molecular weight is 422 g/mol. The average Bonchev–Trinajstić information content (AvgIpc) is 3.03. The number of anilines is 1. The zero-order valence-electron chi connectivity index (χ0n) is 18.1. The Morgan fingerprint density at radius 1 is 0.903 bits per heavy atom. The van der Waals surface area contributed by atoms with Crippen LogP contribution in [0.4, 0.5) is 5.69 Å². The summed E-state index contributed by atoms with van der Waals surface area (Å²) in [5.74, 6) is 0.223. The number of hydrogen-bond acceptors (Lipinski definition) is 6. The molecule has 1 fully saturated rings. The summed E-state index contributed by atoms with van der Waals surface area (Å²) < 4.78 is 16.6. The van der Waals surface area contributed by atoms with Crippen molar-refractivity contribution < 1.29 is 23.8 Å². The number of imide groups is 1. The van der Waals surface area contributed by atoms with Crippen LogP contribution in [0.25, 0.3) is 5.57 Å². The molecule has 2 aliphatic rings. The third-order valence-electron chi connectivity index (χ3n) is 5.49. The van der Waals surface area contributed by atoms with Gasteiger partial charge in [-0.25, -0.2) is 4.90 Å². The van der Waals surface area contributed by atoms with Crippen molar-refractivity contribution in [2.24, 2.45) is 0 Å². The minimum Gasteiger partial charge on any atom is -0.497 e. The molecule has 0 saturated carbocycles. The van der Waals surface area contributed by atoms with E-state index < -0.39 is 0 Å². The first-order valence-corrected chi connectivity index (χ1v) is 10.3. The number of carbonyl (C=O) groups excluding carboxylic acids is 2. The minimum atomic E-state index is -0.374. The van der Waals surface area contributed by atoms with Gasteiger partial charge in [0.2, 0.25) is 0 Å². The SMILES string of the molecule is COc1ccc(N2C(=O)C(c3ccccc3)=C(N3CC(C)OC(C)C3)C2=O)c(OC)c1. The molecule has 0 radical (unpaired) electrons. The predicted octanol–water partition coefficient (Wildman–Crippen LogP) is 3.10. The van der Waals surface area contributed by atoms with Crippen molar-refractivity contribution >= 4 is 23.1 Å². The van der Waals surface area contributed by atoms with Crippen LogP contribution in [0, 0.1) is 0 Å². The van der Waals surface area contributed by atoms with Gasteiger partial charge in [0.15, 0.2) is 0 Å². The smallest absolute Gasteiger partial charge is 0.282 e. The van der Waals surface area contributed by atoms with Crippen LogP contribution >= 0.6 is 0 Å². The number of amides is 2. The van der Waals surface area contributed by atoms with E-state index in [9.17, 15) is 9.59 Å². The summed E-state index contributed by atoms with van der Waals surface area (Å²) in [5, 5.41) is 0. The number of carbonyl (C=O) groups is 2. The van der Waals surface area contributed by atoms with E-state index in [1.54, 1.807) is 25.3 Å². The highest BCUT2D eigenvalue weighted by molar-refractivity contribution is 6.45. The fraction of sp³-hybridized carbons (Fsp3) is 0.333. The Morgan fingerprint density at radius 2 is 1.58 bits per heavy atom. The van der Waals surface area contributed by atoms with Crippen LogP contribution in [-0.2, 0) is 14.3 Å². The van der Waals surface area contributed by atoms with Gasteiger partial charge in [0.05, 0.1) is 37.7 Å². The van der Waals surface area contributed by atoms with Gasteiger partial charge >= 0.3 is 0 Å². The first-order valence-electron chi connectivity index (χ1n) is 10.3. The van der Waals surface area contributed by atoms with Gasteiger partial charge in [0.1, 0.15) is 17.2 Å². The molecular formula is C24H26N2O5. The van der Waals surface area contributed by atoms with Gasteiger partial charge in [-0.05, 0) is 31.5 Å². The molecule has 2 unspecified atom stereocenters. The summed E-state index contributed by atoms with van der Waals surface area (Å²) in [4.78, 5) is 30.5. The third-order valence-corrected chi connectivity index (χ3v) is 5.49. The van der Waals surface area contributed by atoms with Crippen LogP contribution in [0.15, 0.2) is 54.2 Å². The molecule has 2 aliphatic heterocycles. The van der Waals surface area contributed by atoms with Crippen LogP contribution in [0.3, 0.4) is 0 Å². The molecule has 2 heterocycles. The van der Waals surface area contributed by atoms with Crippen molar-refractivity contribution in [3.63, 3.8) is 0 Å². The van der Waals surface area contributed by atoms with E-state index in [1.165, 1.54) is 12.0 Å². The third kappa shape index (κ3) is 3.77. The molecule has 4 rings (SSSR count). The van der Waals surface area contributed by atoms with Gasteiger partial charge in [-0.3, -0.25) is 9.59 Å². The summed E-state index contributed by atoms with van der Waals surface area (Å²) in [6, 6.07) is 14.3. The van der Waals surface area contributed by atoms with Crippen molar-refractivity contribution in [2.45, 2.75) is 26.1 Å². The first kappa shape index (κ1) is 20.9. The van der Waals surface area contributed by atoms with Crippen LogP contribution in [0.5, 0.6) is 11.5 Å². The Labute approximate surface area is 181 Å². The van der Waals surface area contributed by atoms with Gasteiger partial charge in [0, 0.05) is 19.2 Å². The molecule has 31 heavy (non-hydrogen) atoms. The monoisotopic (exact) mass is 422 g/mol. The molecule has 2 atom stereocenters. The molecule has 0 aliphatic carbocycles. The lowest BCUT2D eigenvalue weighted by Gasteiger charge is -2.37. The van der Waals surface area contributed by atoms with Crippen molar-refractivity contribution in [1.82, 2.24) is 4.90 Å². The maximum atomic E-state index is 13.7. The Bertz CT molecular complexity index is 1020. The number of nitrogens with zero attached hydrogens (tertiary/aromatic N) is 2. The topological polar surface area (TPSA) is 68.3 Å². The standard InChI is InChI=1S/C24H26N2O5/c1-15-13-25(14-16(2)31-15)22-21(17-8-6-5-7-9-17)23(27)26(24(22)28)19-11-10-18(29-3)12-20(19)30-4/h5-12,15-16H,13-14H2,1-4H3. The predicted molar refractivity (Wildman–Crippen MR) is 117 cm³/mol. The lowest BCUT2D eigenvalue weighted by molar-refractivity contribution is -0.121. The molecule has 2 amide bonds. The molecule has 7 heteroatoms. The number of methoxy groups -OCH3 is 2. The number of morpholine rings is 1. The zero-order valence-corrected chi connectivity index (χ0v) is 18.1. The van der Waals surface area contributed by atoms with Crippen molar-refractivity contribution in [1.29, 1.82) is 0 Å². The summed E-state index contributed by atoms with van der Waals surface area (Å²) in [6.45, 7) is 5.00. The van der Waals surface area contributed by atoms with Crippen molar-refractivity contribution in [3.8, 4) is 11.5 Å². The summed E-state index contributed by atoms with van der Waals surface area (Å²) in [7, 11) is 3.05. The molecular weight excluding hydrogens is 396 g/mol. The molecule has 162 valence electrons. The van der Waals surface area contributed by atoms with Crippen LogP contribution in [-0.4, -0.2) is 56.2 Å². The largest absolute Gasteiger partial charge is 0.497 e. The van der Waals surface area contributed by atoms with Crippen LogP contribution in [0.2, 0.25) is 0 Å². The number of hydrogen-bond donors (Lipinski definition) is 0. The van der Waals surface area contributed by atoms with Gasteiger partial charge in [-0.1, -0.05) is 30.3 Å². The second kappa shape index (κ2) is 8.43. The second-order valence-electron chi connectivity index (χ2n) is 7.74. The maximum Gasteiger partial charge on any atom is 0.282 e. The van der Waals surface area contributed by atoms with Crippen LogP contribution in [0.1, 0.15) is 19.4 Å². The zero-order chi connectivity index (χ0) is 22.1. The fourth-order valence-corrected chi connectivity index (χ4v) is 4.23. The van der Waals surface area contributed by atoms with Gasteiger partial charge < -0.3 is 19.1 Å². The Balaban J connectivity index is 1.84. The van der Waals surface area contributed by atoms with E-state index in [0.717, 1.165) is 0 Å². The lowest BCUT2D eigenvalue weighted by atomic mass is 10.0. The number of ether oxygens (including phenoxy) is 3. The van der Waals surface area contributed by atoms with Gasteiger partial charge in [-0.2, -0.15) is 0 Å². The summed E-state index contributed by atoms with van der Waals surface area (Å²) in [6.07, 6.45) is -0.110. The molecule has 2 aromatic rings. The Hall–Kier alpha value is -3.32. The molecule has 1 saturated heterocycles. The van der Waals surface area contributed by atoms with E-state index in [2.05, 4.69) is 0 Å². The molecule has 0 bridgehead atoms. The first-order chi connectivity index (χ1) is 14.9. The van der Waals surface area contributed by atoms with E-state index in [0.29, 0.717) is 47.1 Å². The molecule has 0 N–H and O–H groups in total. The van der Waals surface area contributed by atoms with Gasteiger partial charge in [-0.15, -0.1) is 0 Å². The summed E-state index contributed by atoms with van der Waals surface area (Å²) in [5.41, 5.74) is 1.88. The van der Waals surface area contributed by atoms with E-state index in [4.69, 9.17) is 14.2 Å². The van der Waals surface area contributed by atoms with Gasteiger partial charge in [0.25, 0.3) is 11.8 Å².